The lowest BCUT2D eigenvalue weighted by Gasteiger charge is -2.24. The van der Waals surface area contributed by atoms with Crippen LogP contribution in [0.2, 0.25) is 0 Å². The highest BCUT2D eigenvalue weighted by Gasteiger charge is 2.18. The summed E-state index contributed by atoms with van der Waals surface area (Å²) in [7, 11) is 0. The van der Waals surface area contributed by atoms with Gasteiger partial charge < -0.3 is 10.6 Å². The number of likely N-dealkylation sites (tertiary alicyclic amines) is 1. The molecule has 0 saturated carbocycles. The van der Waals surface area contributed by atoms with E-state index in [0.29, 0.717) is 6.04 Å². The summed E-state index contributed by atoms with van der Waals surface area (Å²) in [6, 6.07) is 0.591. The molecule has 1 aliphatic rings. The summed E-state index contributed by atoms with van der Waals surface area (Å²) in [5, 5.41) is 5.72. The summed E-state index contributed by atoms with van der Waals surface area (Å²) in [5.74, 6) is 0. The van der Waals surface area contributed by atoms with Crippen LogP contribution in [0, 0.1) is 0 Å². The summed E-state index contributed by atoms with van der Waals surface area (Å²) in [6.07, 6.45) is 2.59. The number of amides is 2. The molecule has 15 heavy (non-hydrogen) atoms. The third-order valence-electron chi connectivity index (χ3n) is 2.74. The Morgan fingerprint density at radius 2 is 1.87 bits per heavy atom. The average molecular weight is 213 g/mol. The Labute approximate surface area is 92.4 Å². The number of carbonyl (C=O) groups excluding carboxylic acids is 1. The van der Waals surface area contributed by atoms with Crippen LogP contribution in [-0.4, -0.2) is 42.6 Å². The molecule has 4 heteroatoms. The monoisotopic (exact) mass is 213 g/mol. The molecule has 1 heterocycles. The second kappa shape index (κ2) is 5.95. The van der Waals surface area contributed by atoms with Gasteiger partial charge in [0.2, 0.25) is 0 Å². The van der Waals surface area contributed by atoms with Crippen molar-refractivity contribution in [3.63, 3.8) is 0 Å². The molecule has 1 saturated heterocycles. The average Bonchev–Trinajstić information content (AvgIpc) is 2.65. The van der Waals surface area contributed by atoms with Crippen LogP contribution < -0.4 is 10.6 Å². The van der Waals surface area contributed by atoms with Crippen molar-refractivity contribution in [2.45, 2.75) is 45.7 Å². The second-order valence-corrected chi connectivity index (χ2v) is 4.60. The zero-order valence-corrected chi connectivity index (χ0v) is 10.0. The van der Waals surface area contributed by atoms with Crippen LogP contribution in [0.1, 0.15) is 33.6 Å². The highest BCUT2D eigenvalue weighted by molar-refractivity contribution is 5.74. The van der Waals surface area contributed by atoms with Crippen molar-refractivity contribution in [1.82, 2.24) is 15.5 Å². The topological polar surface area (TPSA) is 44.4 Å². The Morgan fingerprint density at radius 1 is 1.27 bits per heavy atom. The van der Waals surface area contributed by atoms with Crippen molar-refractivity contribution in [1.29, 1.82) is 0 Å². The van der Waals surface area contributed by atoms with Crippen LogP contribution in [0.5, 0.6) is 0 Å². The number of urea groups is 1. The van der Waals surface area contributed by atoms with Gasteiger partial charge in [-0.25, -0.2) is 4.79 Å². The van der Waals surface area contributed by atoms with E-state index in [4.69, 9.17) is 0 Å². The van der Waals surface area contributed by atoms with E-state index < -0.39 is 0 Å². The maximum atomic E-state index is 11.3. The predicted molar refractivity (Wildman–Crippen MR) is 61.9 cm³/mol. The molecule has 0 aromatic rings. The van der Waals surface area contributed by atoms with Crippen molar-refractivity contribution in [2.75, 3.05) is 19.6 Å². The lowest BCUT2D eigenvalue weighted by molar-refractivity contribution is 0.224. The minimum absolute atomic E-state index is 0.0592. The fourth-order valence-electron chi connectivity index (χ4n) is 1.87. The van der Waals surface area contributed by atoms with Crippen molar-refractivity contribution < 1.29 is 4.79 Å². The van der Waals surface area contributed by atoms with E-state index in [1.165, 1.54) is 25.9 Å². The number of hydrogen-bond donors (Lipinski definition) is 2. The number of nitrogens with zero attached hydrogens (tertiary/aromatic N) is 1. The number of rotatable bonds is 4. The van der Waals surface area contributed by atoms with Crippen molar-refractivity contribution in [3.05, 3.63) is 0 Å². The van der Waals surface area contributed by atoms with Gasteiger partial charge in [0.15, 0.2) is 0 Å². The zero-order valence-electron chi connectivity index (χ0n) is 10.0. The molecule has 1 aliphatic heterocycles. The molecule has 0 aromatic heterocycles. The van der Waals surface area contributed by atoms with Gasteiger partial charge >= 0.3 is 6.03 Å². The predicted octanol–water partition coefficient (Wildman–Crippen LogP) is 1.18. The maximum Gasteiger partial charge on any atom is 0.315 e. The Morgan fingerprint density at radius 3 is 2.40 bits per heavy atom. The molecule has 0 spiro atoms. The van der Waals surface area contributed by atoms with Crippen LogP contribution >= 0.6 is 0 Å². The van der Waals surface area contributed by atoms with Crippen LogP contribution in [-0.2, 0) is 0 Å². The van der Waals surface area contributed by atoms with Gasteiger partial charge in [-0.2, -0.15) is 0 Å². The van der Waals surface area contributed by atoms with Gasteiger partial charge in [0.1, 0.15) is 0 Å². The molecule has 2 amide bonds. The summed E-state index contributed by atoms with van der Waals surface area (Å²) in [5.41, 5.74) is 0. The molecule has 1 unspecified atom stereocenters. The number of hydrogen-bond acceptors (Lipinski definition) is 2. The molecule has 0 radical (unpaired) electrons. The highest BCUT2D eigenvalue weighted by Crippen LogP contribution is 2.10. The molecule has 4 nitrogen and oxygen atoms in total. The fraction of sp³-hybridized carbons (Fsp3) is 0.909. The first-order valence-electron chi connectivity index (χ1n) is 5.88. The first-order chi connectivity index (χ1) is 7.09. The molecule has 1 rings (SSSR count). The van der Waals surface area contributed by atoms with E-state index in [1.54, 1.807) is 0 Å². The van der Waals surface area contributed by atoms with E-state index >= 15 is 0 Å². The quantitative estimate of drug-likeness (QED) is 0.736. The van der Waals surface area contributed by atoms with Gasteiger partial charge in [0, 0.05) is 18.6 Å². The largest absolute Gasteiger partial charge is 0.337 e. The van der Waals surface area contributed by atoms with Gasteiger partial charge in [0.05, 0.1) is 0 Å². The molecule has 88 valence electrons. The van der Waals surface area contributed by atoms with Crippen LogP contribution in [0.15, 0.2) is 0 Å². The van der Waals surface area contributed by atoms with Crippen LogP contribution in [0.4, 0.5) is 4.79 Å². The smallest absolute Gasteiger partial charge is 0.315 e. The van der Waals surface area contributed by atoms with Gasteiger partial charge in [-0.1, -0.05) is 0 Å². The number of nitrogens with one attached hydrogen (secondary N) is 2. The van der Waals surface area contributed by atoms with Crippen LogP contribution in [0.25, 0.3) is 0 Å². The van der Waals surface area contributed by atoms with E-state index in [1.807, 2.05) is 13.8 Å². The lowest BCUT2D eigenvalue weighted by atomic mass is 10.3. The number of carbonyl (C=O) groups is 1. The fourth-order valence-corrected chi connectivity index (χ4v) is 1.87. The third kappa shape index (κ3) is 4.51. The Balaban J connectivity index is 2.15. The molecule has 1 fully saturated rings. The molecule has 2 N–H and O–H groups in total. The lowest BCUT2D eigenvalue weighted by Crippen LogP contribution is -2.45. The molecule has 0 aromatic carbocycles. The van der Waals surface area contributed by atoms with Crippen LogP contribution in [0.3, 0.4) is 0 Å². The molecular weight excluding hydrogens is 190 g/mol. The minimum Gasteiger partial charge on any atom is -0.337 e. The van der Waals surface area contributed by atoms with Gasteiger partial charge in [0.25, 0.3) is 0 Å². The second-order valence-electron chi connectivity index (χ2n) is 4.60. The summed E-state index contributed by atoms with van der Waals surface area (Å²) in [6.45, 7) is 9.18. The van der Waals surface area contributed by atoms with Gasteiger partial charge in [-0.3, -0.25) is 4.90 Å². The summed E-state index contributed by atoms with van der Waals surface area (Å²) < 4.78 is 0. The van der Waals surface area contributed by atoms with Crippen molar-refractivity contribution in [2.24, 2.45) is 0 Å². The first-order valence-corrected chi connectivity index (χ1v) is 5.88. The molecule has 0 bridgehead atoms. The zero-order chi connectivity index (χ0) is 11.3. The highest BCUT2D eigenvalue weighted by atomic mass is 16.2. The third-order valence-corrected chi connectivity index (χ3v) is 2.74. The van der Waals surface area contributed by atoms with E-state index in [2.05, 4.69) is 22.5 Å². The first kappa shape index (κ1) is 12.3. The van der Waals surface area contributed by atoms with Crippen molar-refractivity contribution in [3.8, 4) is 0 Å². The SMILES string of the molecule is CC(C)NC(=O)NCC(C)N1CCCC1. The normalized spacial score (nSPS) is 19.2. The standard InChI is InChI=1S/C11H23N3O/c1-9(2)13-11(15)12-8-10(3)14-6-4-5-7-14/h9-10H,4-8H2,1-3H3,(H2,12,13,15). The van der Waals surface area contributed by atoms with E-state index in [9.17, 15) is 4.79 Å². The molecule has 1 atom stereocenters. The maximum absolute atomic E-state index is 11.3. The van der Waals surface area contributed by atoms with Gasteiger partial charge in [-0.05, 0) is 46.7 Å². The van der Waals surface area contributed by atoms with Gasteiger partial charge in [-0.15, -0.1) is 0 Å². The Bertz CT molecular complexity index is 200. The molecule has 0 aliphatic carbocycles. The minimum atomic E-state index is -0.0592. The van der Waals surface area contributed by atoms with E-state index in [0.717, 1.165) is 6.54 Å². The Kier molecular flexibility index (Phi) is 4.88. The summed E-state index contributed by atoms with van der Waals surface area (Å²) in [4.78, 5) is 13.8. The molecular formula is C11H23N3O. The van der Waals surface area contributed by atoms with Crippen molar-refractivity contribution >= 4 is 6.03 Å². The van der Waals surface area contributed by atoms with E-state index in [-0.39, 0.29) is 12.1 Å². The summed E-state index contributed by atoms with van der Waals surface area (Å²) >= 11 is 0. The Hall–Kier alpha value is -0.770.